The number of nitrogens with one attached hydrogen (secondary N) is 1. The van der Waals surface area contributed by atoms with E-state index in [-0.39, 0.29) is 6.10 Å². The van der Waals surface area contributed by atoms with Crippen LogP contribution < -0.4 is 24.3 Å². The van der Waals surface area contributed by atoms with Crippen molar-refractivity contribution < 1.29 is 18.9 Å². The number of methoxy groups -OCH3 is 3. The zero-order valence-electron chi connectivity index (χ0n) is 16.6. The molecule has 0 aliphatic rings. The molecule has 2 aromatic carbocycles. The van der Waals surface area contributed by atoms with Crippen molar-refractivity contribution >= 4 is 15.9 Å². The molecule has 2 rings (SSSR count). The lowest BCUT2D eigenvalue weighted by atomic mass is 10.1. The number of benzene rings is 2. The van der Waals surface area contributed by atoms with Crippen LogP contribution in [0.4, 0.5) is 0 Å². The Labute approximate surface area is 170 Å². The fourth-order valence-electron chi connectivity index (χ4n) is 2.71. The van der Waals surface area contributed by atoms with Crippen LogP contribution in [0.2, 0.25) is 0 Å². The molecule has 0 spiro atoms. The highest BCUT2D eigenvalue weighted by Crippen LogP contribution is 2.34. The first-order chi connectivity index (χ1) is 13.0. The Kier molecular flexibility index (Phi) is 8.25. The minimum Gasteiger partial charge on any atom is -0.493 e. The molecule has 2 aromatic rings. The Morgan fingerprint density at radius 1 is 0.889 bits per heavy atom. The summed E-state index contributed by atoms with van der Waals surface area (Å²) in [7, 11) is 4.95. The minimum absolute atomic E-state index is 0.0938. The van der Waals surface area contributed by atoms with Gasteiger partial charge in [-0.2, -0.15) is 0 Å². The lowest BCUT2D eigenvalue weighted by Gasteiger charge is -2.16. The van der Waals surface area contributed by atoms with E-state index in [1.807, 2.05) is 38.1 Å². The van der Waals surface area contributed by atoms with E-state index in [9.17, 15) is 0 Å². The van der Waals surface area contributed by atoms with E-state index < -0.39 is 0 Å². The molecule has 0 aliphatic carbocycles. The van der Waals surface area contributed by atoms with Crippen molar-refractivity contribution in [3.05, 3.63) is 45.9 Å². The van der Waals surface area contributed by atoms with E-state index in [1.165, 1.54) is 5.56 Å². The highest BCUT2D eigenvalue weighted by Gasteiger charge is 2.11. The first-order valence-corrected chi connectivity index (χ1v) is 9.72. The van der Waals surface area contributed by atoms with Crippen molar-refractivity contribution in [1.29, 1.82) is 0 Å². The van der Waals surface area contributed by atoms with Crippen LogP contribution in [0.25, 0.3) is 0 Å². The summed E-state index contributed by atoms with van der Waals surface area (Å²) < 4.78 is 22.9. The zero-order valence-corrected chi connectivity index (χ0v) is 18.2. The quantitative estimate of drug-likeness (QED) is 0.550. The second kappa shape index (κ2) is 10.4. The first-order valence-electron chi connectivity index (χ1n) is 8.93. The van der Waals surface area contributed by atoms with Gasteiger partial charge in [0.2, 0.25) is 0 Å². The number of hydrogen-bond acceptors (Lipinski definition) is 5. The Bertz CT molecular complexity index is 749. The van der Waals surface area contributed by atoms with Gasteiger partial charge in [-0.15, -0.1) is 0 Å². The largest absolute Gasteiger partial charge is 0.493 e. The normalized spacial score (nSPS) is 10.8. The molecule has 148 valence electrons. The van der Waals surface area contributed by atoms with Gasteiger partial charge in [0, 0.05) is 11.0 Å². The second-order valence-corrected chi connectivity index (χ2v) is 7.23. The number of ether oxygens (including phenoxy) is 4. The Balaban J connectivity index is 1.95. The fraction of sp³-hybridized carbons (Fsp3) is 0.429. The van der Waals surface area contributed by atoms with Gasteiger partial charge in [0.15, 0.2) is 23.0 Å². The Morgan fingerprint density at radius 2 is 1.56 bits per heavy atom. The van der Waals surface area contributed by atoms with E-state index in [0.29, 0.717) is 0 Å². The van der Waals surface area contributed by atoms with Gasteiger partial charge in [-0.1, -0.05) is 22.0 Å². The monoisotopic (exact) mass is 437 g/mol. The third kappa shape index (κ3) is 6.04. The number of halogens is 1. The van der Waals surface area contributed by atoms with Gasteiger partial charge in [-0.3, -0.25) is 0 Å². The van der Waals surface area contributed by atoms with Gasteiger partial charge < -0.3 is 24.3 Å². The Hall–Kier alpha value is -1.92. The van der Waals surface area contributed by atoms with Crippen molar-refractivity contribution in [3.8, 4) is 23.0 Å². The topological polar surface area (TPSA) is 49.0 Å². The van der Waals surface area contributed by atoms with Crippen LogP contribution in [0.15, 0.2) is 34.8 Å². The molecule has 0 saturated carbocycles. The fourth-order valence-corrected chi connectivity index (χ4v) is 3.17. The lowest BCUT2D eigenvalue weighted by molar-refractivity contribution is 0.230. The van der Waals surface area contributed by atoms with Gasteiger partial charge in [0.05, 0.1) is 27.4 Å². The molecule has 0 saturated heterocycles. The molecule has 0 bridgehead atoms. The minimum atomic E-state index is 0.0938. The van der Waals surface area contributed by atoms with Crippen LogP contribution in [0.3, 0.4) is 0 Å². The molecule has 0 fully saturated rings. The summed E-state index contributed by atoms with van der Waals surface area (Å²) in [4.78, 5) is 0. The van der Waals surface area contributed by atoms with Crippen LogP contribution in [-0.2, 0) is 13.0 Å². The van der Waals surface area contributed by atoms with Crippen LogP contribution in [0.1, 0.15) is 25.0 Å². The molecule has 0 amide bonds. The summed E-state index contributed by atoms with van der Waals surface area (Å²) in [6, 6.07) is 9.97. The molecule has 0 aliphatic heterocycles. The van der Waals surface area contributed by atoms with Gasteiger partial charge in [0.1, 0.15) is 0 Å². The number of hydrogen-bond donors (Lipinski definition) is 1. The van der Waals surface area contributed by atoms with E-state index in [1.54, 1.807) is 21.3 Å². The zero-order chi connectivity index (χ0) is 19.8. The smallest absolute Gasteiger partial charge is 0.162 e. The van der Waals surface area contributed by atoms with Crippen LogP contribution in [-0.4, -0.2) is 34.0 Å². The molecule has 6 heteroatoms. The third-order valence-corrected chi connectivity index (χ3v) is 4.79. The molecule has 0 atom stereocenters. The summed E-state index contributed by atoms with van der Waals surface area (Å²) in [5.74, 6) is 2.98. The van der Waals surface area contributed by atoms with Crippen molar-refractivity contribution in [2.75, 3.05) is 27.9 Å². The first kappa shape index (κ1) is 21.4. The van der Waals surface area contributed by atoms with Crippen molar-refractivity contribution in [1.82, 2.24) is 5.32 Å². The van der Waals surface area contributed by atoms with Crippen molar-refractivity contribution in [3.63, 3.8) is 0 Å². The summed E-state index contributed by atoms with van der Waals surface area (Å²) >= 11 is 3.63. The molecule has 1 N–H and O–H groups in total. The summed E-state index contributed by atoms with van der Waals surface area (Å²) in [5, 5.41) is 3.47. The summed E-state index contributed by atoms with van der Waals surface area (Å²) in [6.07, 6.45) is 0.986. The van der Waals surface area contributed by atoms with Gasteiger partial charge >= 0.3 is 0 Å². The van der Waals surface area contributed by atoms with Gasteiger partial charge in [-0.05, 0) is 62.2 Å². The van der Waals surface area contributed by atoms with E-state index >= 15 is 0 Å². The number of rotatable bonds is 10. The van der Waals surface area contributed by atoms with Crippen molar-refractivity contribution in [2.24, 2.45) is 0 Å². The highest BCUT2D eigenvalue weighted by atomic mass is 79.9. The van der Waals surface area contributed by atoms with E-state index in [2.05, 4.69) is 27.3 Å². The van der Waals surface area contributed by atoms with Crippen LogP contribution in [0.5, 0.6) is 23.0 Å². The maximum atomic E-state index is 5.80. The maximum Gasteiger partial charge on any atom is 0.162 e. The molecule has 27 heavy (non-hydrogen) atoms. The molecule has 0 radical (unpaired) electrons. The van der Waals surface area contributed by atoms with Crippen LogP contribution >= 0.6 is 15.9 Å². The predicted octanol–water partition coefficient (Wildman–Crippen LogP) is 4.59. The Morgan fingerprint density at radius 3 is 2.19 bits per heavy atom. The molecular weight excluding hydrogens is 410 g/mol. The molecule has 0 aromatic heterocycles. The second-order valence-electron chi connectivity index (χ2n) is 6.38. The summed E-state index contributed by atoms with van der Waals surface area (Å²) in [6.45, 7) is 5.56. The lowest BCUT2D eigenvalue weighted by Crippen LogP contribution is -2.17. The third-order valence-electron chi connectivity index (χ3n) is 4.05. The molecular formula is C21H28BrNO4. The standard InChI is InChI=1S/C21H28BrNO4/c1-14(2)27-21-12-17(22)16(11-20(21)26-5)13-23-9-8-15-6-7-18(24-3)19(10-15)25-4/h6-7,10-12,14,23H,8-9,13H2,1-5H3. The van der Waals surface area contributed by atoms with E-state index in [0.717, 1.165) is 52.5 Å². The SMILES string of the molecule is COc1ccc(CCNCc2cc(OC)c(OC(C)C)cc2Br)cc1OC. The van der Waals surface area contributed by atoms with E-state index in [4.69, 9.17) is 18.9 Å². The van der Waals surface area contributed by atoms with Crippen molar-refractivity contribution in [2.45, 2.75) is 32.9 Å². The summed E-state index contributed by atoms with van der Waals surface area (Å²) in [5.41, 5.74) is 2.31. The average molecular weight is 438 g/mol. The average Bonchev–Trinajstić information content (AvgIpc) is 2.65. The predicted molar refractivity (Wildman–Crippen MR) is 111 cm³/mol. The highest BCUT2D eigenvalue weighted by molar-refractivity contribution is 9.10. The van der Waals surface area contributed by atoms with Gasteiger partial charge in [-0.25, -0.2) is 0 Å². The molecule has 5 nitrogen and oxygen atoms in total. The molecule has 0 unspecified atom stereocenters. The molecule has 0 heterocycles. The van der Waals surface area contributed by atoms with Crippen LogP contribution in [0, 0.1) is 0 Å². The maximum absolute atomic E-state index is 5.80. The van der Waals surface area contributed by atoms with Gasteiger partial charge in [0.25, 0.3) is 0 Å².